The van der Waals surface area contributed by atoms with Crippen molar-refractivity contribution in [3.63, 3.8) is 0 Å². The molecule has 0 aromatic heterocycles. The largest absolute Gasteiger partial charge is 0.352 e. The molecule has 0 spiro atoms. The molecule has 1 aromatic rings. The van der Waals surface area contributed by atoms with Gasteiger partial charge in [0.2, 0.25) is 5.91 Å². The Labute approximate surface area is 127 Å². The average molecular weight is 343 g/mol. The number of nitrogens with one attached hydrogen (secondary N) is 2. The highest BCUT2D eigenvalue weighted by atomic mass is 79.9. The van der Waals surface area contributed by atoms with Crippen molar-refractivity contribution in [3.8, 4) is 0 Å². The summed E-state index contributed by atoms with van der Waals surface area (Å²) in [4.78, 5) is 12.1. The van der Waals surface area contributed by atoms with Crippen LogP contribution in [0.2, 0.25) is 0 Å². The van der Waals surface area contributed by atoms with Crippen LogP contribution in [0.3, 0.4) is 0 Å². The predicted octanol–water partition coefficient (Wildman–Crippen LogP) is 2.20. The molecule has 0 bridgehead atoms. The van der Waals surface area contributed by atoms with Crippen molar-refractivity contribution < 1.29 is 4.79 Å². The molecule has 2 rings (SSSR count). The molecule has 1 saturated heterocycles. The van der Waals surface area contributed by atoms with Gasteiger partial charge in [-0.05, 0) is 31.0 Å². The third-order valence-corrected chi connectivity index (χ3v) is 4.67. The maximum Gasteiger partial charge on any atom is 0.238 e. The molecule has 19 heavy (non-hydrogen) atoms. The van der Waals surface area contributed by atoms with E-state index in [1.54, 1.807) is 0 Å². The minimum atomic E-state index is -0.0360. The number of benzene rings is 1. The Morgan fingerprint density at radius 3 is 2.89 bits per heavy atom. The second-order valence-electron chi connectivity index (χ2n) is 4.82. The number of rotatable bonds is 4. The third-order valence-electron chi connectivity index (χ3n) is 3.08. The Morgan fingerprint density at radius 2 is 2.26 bits per heavy atom. The minimum Gasteiger partial charge on any atom is -0.352 e. The first-order chi connectivity index (χ1) is 9.15. The topological polar surface area (TPSA) is 41.1 Å². The normalized spacial score (nSPS) is 20.8. The van der Waals surface area contributed by atoms with Crippen molar-refractivity contribution >= 4 is 33.6 Å². The van der Waals surface area contributed by atoms with E-state index in [2.05, 4.69) is 45.6 Å². The summed E-state index contributed by atoms with van der Waals surface area (Å²) in [6, 6.07) is 8.35. The molecule has 5 heteroatoms. The Hall–Kier alpha value is -0.520. The molecule has 1 fully saturated rings. The van der Waals surface area contributed by atoms with Gasteiger partial charge in [0.25, 0.3) is 0 Å². The van der Waals surface area contributed by atoms with Gasteiger partial charge in [0.05, 0.1) is 6.04 Å². The zero-order valence-electron chi connectivity index (χ0n) is 11.0. The number of hydrogen-bond donors (Lipinski definition) is 2. The van der Waals surface area contributed by atoms with Gasteiger partial charge in [0.1, 0.15) is 0 Å². The van der Waals surface area contributed by atoms with E-state index < -0.39 is 0 Å². The SMILES string of the molecule is CC(Cc1ccc(Br)cc1)NC(=O)C1CSCCN1. The van der Waals surface area contributed by atoms with Crippen LogP contribution in [0.25, 0.3) is 0 Å². The molecular weight excluding hydrogens is 324 g/mol. The van der Waals surface area contributed by atoms with Crippen molar-refractivity contribution in [1.29, 1.82) is 0 Å². The van der Waals surface area contributed by atoms with Crippen molar-refractivity contribution in [2.75, 3.05) is 18.1 Å². The van der Waals surface area contributed by atoms with Gasteiger partial charge in [-0.2, -0.15) is 11.8 Å². The summed E-state index contributed by atoms with van der Waals surface area (Å²) in [7, 11) is 0. The summed E-state index contributed by atoms with van der Waals surface area (Å²) < 4.78 is 1.08. The quantitative estimate of drug-likeness (QED) is 0.881. The lowest BCUT2D eigenvalue weighted by molar-refractivity contribution is -0.123. The first kappa shape index (κ1) is 14.9. The summed E-state index contributed by atoms with van der Waals surface area (Å²) in [5, 5.41) is 6.34. The molecule has 1 aromatic carbocycles. The summed E-state index contributed by atoms with van der Waals surface area (Å²) >= 11 is 5.26. The maximum absolute atomic E-state index is 12.1. The average Bonchev–Trinajstić information content (AvgIpc) is 2.42. The van der Waals surface area contributed by atoms with Crippen molar-refractivity contribution in [2.45, 2.75) is 25.4 Å². The molecule has 1 aliphatic rings. The number of halogens is 1. The fraction of sp³-hybridized carbons (Fsp3) is 0.500. The molecule has 3 nitrogen and oxygen atoms in total. The summed E-state index contributed by atoms with van der Waals surface area (Å²) in [5.74, 6) is 2.09. The Kier molecular flexibility index (Phi) is 5.73. The van der Waals surface area contributed by atoms with Gasteiger partial charge < -0.3 is 10.6 Å². The first-order valence-corrected chi connectivity index (χ1v) is 8.46. The van der Waals surface area contributed by atoms with Crippen LogP contribution in [0.1, 0.15) is 12.5 Å². The van der Waals surface area contributed by atoms with E-state index >= 15 is 0 Å². The highest BCUT2D eigenvalue weighted by Crippen LogP contribution is 2.12. The fourth-order valence-corrected chi connectivity index (χ4v) is 3.30. The molecule has 2 N–H and O–H groups in total. The Bertz CT molecular complexity index is 418. The number of hydrogen-bond acceptors (Lipinski definition) is 3. The maximum atomic E-state index is 12.1. The smallest absolute Gasteiger partial charge is 0.238 e. The Balaban J connectivity index is 1.81. The van der Waals surface area contributed by atoms with Gasteiger partial charge in [0.15, 0.2) is 0 Å². The zero-order chi connectivity index (χ0) is 13.7. The van der Waals surface area contributed by atoms with Crippen LogP contribution in [-0.4, -0.2) is 36.0 Å². The molecule has 1 heterocycles. The van der Waals surface area contributed by atoms with Crippen molar-refractivity contribution in [3.05, 3.63) is 34.3 Å². The van der Waals surface area contributed by atoms with Gasteiger partial charge in [0, 0.05) is 28.6 Å². The van der Waals surface area contributed by atoms with Crippen LogP contribution in [0, 0.1) is 0 Å². The van der Waals surface area contributed by atoms with E-state index in [1.165, 1.54) is 5.56 Å². The van der Waals surface area contributed by atoms with Crippen LogP contribution < -0.4 is 10.6 Å². The zero-order valence-corrected chi connectivity index (χ0v) is 13.4. The number of carbonyl (C=O) groups excluding carboxylic acids is 1. The van der Waals surface area contributed by atoms with Gasteiger partial charge in [-0.25, -0.2) is 0 Å². The van der Waals surface area contributed by atoms with E-state index in [4.69, 9.17) is 0 Å². The second-order valence-corrected chi connectivity index (χ2v) is 6.89. The van der Waals surface area contributed by atoms with Gasteiger partial charge in [-0.3, -0.25) is 4.79 Å². The number of carbonyl (C=O) groups is 1. The van der Waals surface area contributed by atoms with Crippen LogP contribution in [0.4, 0.5) is 0 Å². The van der Waals surface area contributed by atoms with Crippen LogP contribution >= 0.6 is 27.7 Å². The summed E-state index contributed by atoms with van der Waals surface area (Å²) in [5.41, 5.74) is 1.24. The number of thioether (sulfide) groups is 1. The monoisotopic (exact) mass is 342 g/mol. The van der Waals surface area contributed by atoms with E-state index in [0.717, 1.165) is 28.9 Å². The number of amides is 1. The van der Waals surface area contributed by atoms with E-state index in [1.807, 2.05) is 23.9 Å². The first-order valence-electron chi connectivity index (χ1n) is 6.51. The van der Waals surface area contributed by atoms with E-state index in [-0.39, 0.29) is 18.0 Å². The molecule has 104 valence electrons. The Morgan fingerprint density at radius 1 is 1.53 bits per heavy atom. The lowest BCUT2D eigenvalue weighted by Crippen LogP contribution is -2.51. The summed E-state index contributed by atoms with van der Waals surface area (Å²) in [6.45, 7) is 2.97. The molecular formula is C14H19BrN2OS. The summed E-state index contributed by atoms with van der Waals surface area (Å²) in [6.07, 6.45) is 0.860. The molecule has 2 unspecified atom stereocenters. The van der Waals surface area contributed by atoms with E-state index in [0.29, 0.717) is 0 Å². The van der Waals surface area contributed by atoms with Gasteiger partial charge in [-0.15, -0.1) is 0 Å². The van der Waals surface area contributed by atoms with Crippen LogP contribution in [0.15, 0.2) is 28.7 Å². The molecule has 0 saturated carbocycles. The third kappa shape index (κ3) is 4.82. The highest BCUT2D eigenvalue weighted by Gasteiger charge is 2.21. The van der Waals surface area contributed by atoms with Crippen molar-refractivity contribution in [2.24, 2.45) is 0 Å². The van der Waals surface area contributed by atoms with E-state index in [9.17, 15) is 4.79 Å². The lowest BCUT2D eigenvalue weighted by atomic mass is 10.1. The second kappa shape index (κ2) is 7.31. The fourth-order valence-electron chi connectivity index (χ4n) is 2.10. The minimum absolute atomic E-state index is 0.0360. The predicted molar refractivity (Wildman–Crippen MR) is 84.6 cm³/mol. The van der Waals surface area contributed by atoms with Gasteiger partial charge in [-0.1, -0.05) is 28.1 Å². The molecule has 2 atom stereocenters. The highest BCUT2D eigenvalue weighted by molar-refractivity contribution is 9.10. The van der Waals surface area contributed by atoms with Crippen LogP contribution in [0.5, 0.6) is 0 Å². The molecule has 1 amide bonds. The molecule has 0 aliphatic carbocycles. The lowest BCUT2D eigenvalue weighted by Gasteiger charge is -2.24. The standard InChI is InChI=1S/C14H19BrN2OS/c1-10(8-11-2-4-12(15)5-3-11)17-14(18)13-9-19-7-6-16-13/h2-5,10,13,16H,6-9H2,1H3,(H,17,18). The van der Waals surface area contributed by atoms with Crippen LogP contribution in [-0.2, 0) is 11.2 Å². The van der Waals surface area contributed by atoms with Gasteiger partial charge >= 0.3 is 0 Å². The van der Waals surface area contributed by atoms with Crippen molar-refractivity contribution in [1.82, 2.24) is 10.6 Å². The molecule has 0 radical (unpaired) electrons. The molecule has 1 aliphatic heterocycles.